The standard InChI is InChI=1S/C7H7N5O/c1-3-7(13)12-6-4(11-3)5(8)9-2-10-6/h2H,1H3,(H3,8,9,10,12,13). The van der Waals surface area contributed by atoms with E-state index in [1.165, 1.54) is 6.33 Å². The number of aromatic amines is 1. The Balaban J connectivity index is 2.89. The summed E-state index contributed by atoms with van der Waals surface area (Å²) in [6.07, 6.45) is 1.38. The number of anilines is 1. The second kappa shape index (κ2) is 2.51. The minimum atomic E-state index is -0.352. The number of aromatic nitrogens is 4. The van der Waals surface area contributed by atoms with Crippen molar-refractivity contribution in [1.29, 1.82) is 0 Å². The maximum Gasteiger partial charge on any atom is 0.293 e. The number of H-pyrrole nitrogens is 1. The molecule has 0 bridgehead atoms. The molecular weight excluding hydrogens is 170 g/mol. The summed E-state index contributed by atoms with van der Waals surface area (Å²) < 4.78 is 0. The minimum absolute atomic E-state index is 0.268. The molecule has 13 heavy (non-hydrogen) atoms. The van der Waals surface area contributed by atoms with Gasteiger partial charge in [-0.25, -0.2) is 9.97 Å². The van der Waals surface area contributed by atoms with Crippen molar-refractivity contribution in [3.05, 3.63) is 22.4 Å². The van der Waals surface area contributed by atoms with Crippen molar-refractivity contribution in [2.75, 3.05) is 5.73 Å². The number of rotatable bonds is 0. The van der Waals surface area contributed by atoms with Crippen molar-refractivity contribution in [2.24, 2.45) is 0 Å². The third kappa shape index (κ3) is 1.12. The Morgan fingerprint density at radius 2 is 2.23 bits per heavy atom. The normalized spacial score (nSPS) is 10.5. The lowest BCUT2D eigenvalue weighted by Gasteiger charge is -2.04. The molecule has 3 N–H and O–H groups in total. The molecule has 0 saturated heterocycles. The molecule has 2 heterocycles. The van der Waals surface area contributed by atoms with E-state index in [2.05, 4.69) is 19.9 Å². The summed E-state index contributed by atoms with van der Waals surface area (Å²) in [7, 11) is 0. The summed E-state index contributed by atoms with van der Waals surface area (Å²) in [5.41, 5.74) is 5.94. The molecule has 0 saturated carbocycles. The highest BCUT2D eigenvalue weighted by Gasteiger charge is 2.11. The summed E-state index contributed by atoms with van der Waals surface area (Å²) in [6.45, 7) is 1.58. The van der Waals surface area contributed by atoms with Gasteiger partial charge in [0, 0.05) is 0 Å². The predicted octanol–water partition coefficient (Wildman–Crippen LogP) is -0.445. The number of hydrogen-bond acceptors (Lipinski definition) is 5. The van der Waals surface area contributed by atoms with E-state index >= 15 is 0 Å². The lowest BCUT2D eigenvalue weighted by molar-refractivity contribution is 0.997. The molecule has 0 radical (unpaired) electrons. The second-order valence-electron chi connectivity index (χ2n) is 2.60. The van der Waals surface area contributed by atoms with Gasteiger partial charge >= 0.3 is 0 Å². The van der Waals surface area contributed by atoms with Crippen LogP contribution < -0.4 is 11.3 Å². The lowest BCUT2D eigenvalue weighted by atomic mass is 10.3. The molecule has 0 aromatic carbocycles. The van der Waals surface area contributed by atoms with Crippen LogP contribution in [-0.2, 0) is 0 Å². The van der Waals surface area contributed by atoms with Gasteiger partial charge in [0.05, 0.1) is 6.33 Å². The second-order valence-corrected chi connectivity index (χ2v) is 2.60. The lowest BCUT2D eigenvalue weighted by Crippen LogP contribution is -2.16. The maximum absolute atomic E-state index is 11.1. The van der Waals surface area contributed by atoms with Crippen molar-refractivity contribution in [3.8, 4) is 11.5 Å². The van der Waals surface area contributed by atoms with Crippen molar-refractivity contribution in [2.45, 2.75) is 6.92 Å². The minimum Gasteiger partial charge on any atom is -0.382 e. The van der Waals surface area contributed by atoms with Crippen LogP contribution in [0.5, 0.6) is 0 Å². The number of nitrogens with two attached hydrogens (primary N) is 1. The van der Waals surface area contributed by atoms with Crippen LogP contribution in [-0.4, -0.2) is 19.9 Å². The largest absolute Gasteiger partial charge is 0.382 e. The fourth-order valence-electron chi connectivity index (χ4n) is 1.01. The SMILES string of the molecule is Cc1nc2c(N)nc[nH]c-2nc1=O. The third-order valence-electron chi connectivity index (χ3n) is 1.67. The van der Waals surface area contributed by atoms with Crippen LogP contribution in [0, 0.1) is 6.92 Å². The molecule has 0 aromatic heterocycles. The van der Waals surface area contributed by atoms with E-state index in [1.54, 1.807) is 6.92 Å². The zero-order chi connectivity index (χ0) is 9.42. The van der Waals surface area contributed by atoms with Gasteiger partial charge in [0.25, 0.3) is 5.56 Å². The highest BCUT2D eigenvalue weighted by Crippen LogP contribution is 2.16. The van der Waals surface area contributed by atoms with Crippen molar-refractivity contribution < 1.29 is 0 Å². The first-order chi connectivity index (χ1) is 6.18. The van der Waals surface area contributed by atoms with E-state index < -0.39 is 0 Å². The number of nitrogens with zero attached hydrogens (tertiary/aromatic N) is 3. The van der Waals surface area contributed by atoms with Gasteiger partial charge in [-0.3, -0.25) is 4.79 Å². The molecule has 2 aliphatic heterocycles. The molecule has 6 heteroatoms. The topological polar surface area (TPSA) is 97.6 Å². The van der Waals surface area contributed by atoms with Gasteiger partial charge in [0.2, 0.25) is 0 Å². The van der Waals surface area contributed by atoms with E-state index in [-0.39, 0.29) is 11.4 Å². The zero-order valence-corrected chi connectivity index (χ0v) is 6.90. The molecule has 0 fully saturated rings. The molecular formula is C7H7N5O. The van der Waals surface area contributed by atoms with Crippen LogP contribution in [0.4, 0.5) is 5.82 Å². The van der Waals surface area contributed by atoms with Gasteiger partial charge in [-0.1, -0.05) is 0 Å². The van der Waals surface area contributed by atoms with Crippen molar-refractivity contribution in [1.82, 2.24) is 19.9 Å². The molecule has 0 aliphatic carbocycles. The summed E-state index contributed by atoms with van der Waals surface area (Å²) in [4.78, 5) is 25.3. The average Bonchev–Trinajstić information content (AvgIpc) is 2.09. The predicted molar refractivity (Wildman–Crippen MR) is 46.2 cm³/mol. The highest BCUT2D eigenvalue weighted by molar-refractivity contribution is 5.63. The number of nitrogens with one attached hydrogen (secondary N) is 1. The Morgan fingerprint density at radius 1 is 1.46 bits per heavy atom. The van der Waals surface area contributed by atoms with Gasteiger partial charge in [0.1, 0.15) is 11.4 Å². The van der Waals surface area contributed by atoms with Gasteiger partial charge in [-0.05, 0) is 6.92 Å². The molecule has 0 aromatic rings. The summed E-state index contributed by atoms with van der Waals surface area (Å²) in [5.74, 6) is 0.632. The molecule has 66 valence electrons. The molecule has 0 amide bonds. The van der Waals surface area contributed by atoms with E-state index in [0.717, 1.165) is 0 Å². The van der Waals surface area contributed by atoms with Crippen molar-refractivity contribution in [3.63, 3.8) is 0 Å². The molecule has 6 nitrogen and oxygen atoms in total. The molecule has 0 atom stereocenters. The Hall–Kier alpha value is -1.98. The fourth-order valence-corrected chi connectivity index (χ4v) is 1.01. The van der Waals surface area contributed by atoms with Crippen LogP contribution in [0.3, 0.4) is 0 Å². The molecule has 2 aliphatic rings. The molecule has 0 unspecified atom stereocenters. The smallest absolute Gasteiger partial charge is 0.293 e. The zero-order valence-electron chi connectivity index (χ0n) is 6.90. The van der Waals surface area contributed by atoms with Crippen molar-refractivity contribution >= 4 is 5.82 Å². The molecule has 2 rings (SSSR count). The Morgan fingerprint density at radius 3 is 3.00 bits per heavy atom. The van der Waals surface area contributed by atoms with E-state index in [4.69, 9.17) is 5.73 Å². The Bertz CT molecular complexity index is 477. The van der Waals surface area contributed by atoms with Crippen LogP contribution in [0.25, 0.3) is 11.5 Å². The van der Waals surface area contributed by atoms with Gasteiger partial charge in [-0.15, -0.1) is 0 Å². The fraction of sp³-hybridized carbons (Fsp3) is 0.143. The summed E-state index contributed by atoms with van der Waals surface area (Å²) in [6, 6.07) is 0. The quantitative estimate of drug-likeness (QED) is 0.568. The van der Waals surface area contributed by atoms with Crippen LogP contribution >= 0.6 is 0 Å². The average molecular weight is 177 g/mol. The first kappa shape index (κ1) is 7.66. The monoisotopic (exact) mass is 177 g/mol. The number of fused-ring (bicyclic) bond motifs is 1. The Labute approximate surface area is 73.2 Å². The van der Waals surface area contributed by atoms with Gasteiger partial charge < -0.3 is 10.7 Å². The highest BCUT2D eigenvalue weighted by atomic mass is 16.1. The van der Waals surface area contributed by atoms with Gasteiger partial charge in [0.15, 0.2) is 11.6 Å². The first-order valence-electron chi connectivity index (χ1n) is 3.66. The maximum atomic E-state index is 11.1. The first-order valence-corrected chi connectivity index (χ1v) is 3.66. The summed E-state index contributed by atoms with van der Waals surface area (Å²) >= 11 is 0. The number of hydrogen-bond donors (Lipinski definition) is 2. The van der Waals surface area contributed by atoms with E-state index in [0.29, 0.717) is 17.2 Å². The summed E-state index contributed by atoms with van der Waals surface area (Å²) in [5, 5.41) is 0. The van der Waals surface area contributed by atoms with Crippen LogP contribution in [0.2, 0.25) is 0 Å². The molecule has 0 spiro atoms. The number of aryl methyl sites for hydroxylation is 1. The third-order valence-corrected chi connectivity index (χ3v) is 1.67. The van der Waals surface area contributed by atoms with Gasteiger partial charge in [-0.2, -0.15) is 4.98 Å². The van der Waals surface area contributed by atoms with Crippen LogP contribution in [0.1, 0.15) is 5.69 Å². The number of nitrogen functional groups attached to an aromatic ring is 1. The Kier molecular flexibility index (Phi) is 1.48. The van der Waals surface area contributed by atoms with E-state index in [1.807, 2.05) is 0 Å². The van der Waals surface area contributed by atoms with E-state index in [9.17, 15) is 4.79 Å². The van der Waals surface area contributed by atoms with Crippen LogP contribution in [0.15, 0.2) is 11.1 Å².